The maximum absolute atomic E-state index is 2.08. The van der Waals surface area contributed by atoms with Crippen LogP contribution in [0.15, 0.2) is 30.3 Å². The van der Waals surface area contributed by atoms with Crippen LogP contribution >= 0.6 is 12.4 Å². The van der Waals surface area contributed by atoms with E-state index in [2.05, 4.69) is 19.1 Å². The first-order valence-electron chi connectivity index (χ1n) is 2.41. The van der Waals surface area contributed by atoms with E-state index in [1.54, 1.807) is 0 Å². The van der Waals surface area contributed by atoms with Crippen LogP contribution < -0.4 is 29.6 Å². The predicted molar refractivity (Wildman–Crippen MR) is 40.4 cm³/mol. The van der Waals surface area contributed by atoms with E-state index in [1.807, 2.05) is 18.2 Å². The maximum Gasteiger partial charge on any atom is 1.00 e. The molecule has 0 aliphatic rings. The number of halogens is 1. The molecule has 1 aromatic rings. The molecule has 0 unspecified atom stereocenters. The first-order valence-corrected chi connectivity index (χ1v) is 2.41. The van der Waals surface area contributed by atoms with Crippen molar-refractivity contribution in [2.24, 2.45) is 0 Å². The van der Waals surface area contributed by atoms with Gasteiger partial charge in [0.15, 0.2) is 0 Å². The minimum atomic E-state index is 0. The average molecular weight is 169 g/mol. The second-order valence-electron chi connectivity index (χ2n) is 1.65. The fourth-order valence-corrected chi connectivity index (χ4v) is 0.534. The average Bonchev–Trinajstić information content (AvgIpc) is 1.69. The molecule has 1 rings (SSSR count). The van der Waals surface area contributed by atoms with Gasteiger partial charge in [0.25, 0.3) is 0 Å². The molecule has 0 aromatic heterocycles. The van der Waals surface area contributed by atoms with Crippen molar-refractivity contribution >= 4 is 12.4 Å². The number of hydrogen-bond acceptors (Lipinski definition) is 1. The smallest absolute Gasteiger partial charge is 0.870 e. The van der Waals surface area contributed by atoms with Gasteiger partial charge < -0.3 is 5.48 Å². The van der Waals surface area contributed by atoms with Crippen molar-refractivity contribution in [3.63, 3.8) is 0 Å². The van der Waals surface area contributed by atoms with Gasteiger partial charge in [0.2, 0.25) is 0 Å². The zero-order chi connectivity index (χ0) is 5.11. The van der Waals surface area contributed by atoms with Crippen molar-refractivity contribution in [2.45, 2.75) is 6.92 Å². The summed E-state index contributed by atoms with van der Waals surface area (Å²) in [6, 6.07) is 10.3. The molecule has 1 N–H and O–H groups in total. The van der Waals surface area contributed by atoms with E-state index < -0.39 is 0 Å². The monoisotopic (exact) mass is 168 g/mol. The molecule has 1 nitrogen and oxygen atoms in total. The van der Waals surface area contributed by atoms with E-state index in [4.69, 9.17) is 0 Å². The van der Waals surface area contributed by atoms with Crippen molar-refractivity contribution < 1.29 is 35.0 Å². The number of hydrogen-bond donors (Lipinski definition) is 0. The molecule has 52 valence electrons. The van der Waals surface area contributed by atoms with E-state index >= 15 is 0 Å². The van der Waals surface area contributed by atoms with Crippen LogP contribution in [0.25, 0.3) is 0 Å². The minimum absolute atomic E-state index is 0. The van der Waals surface area contributed by atoms with E-state index in [0.29, 0.717) is 0 Å². The van der Waals surface area contributed by atoms with E-state index in [9.17, 15) is 0 Å². The van der Waals surface area contributed by atoms with Gasteiger partial charge in [-0.15, -0.1) is 12.4 Å². The predicted octanol–water partition coefficient (Wildman–Crippen LogP) is -0.756. The van der Waals surface area contributed by atoms with Crippen molar-refractivity contribution in [3.05, 3.63) is 35.9 Å². The Morgan fingerprint density at radius 2 is 1.40 bits per heavy atom. The third-order valence-corrected chi connectivity index (χ3v) is 0.940. The molecule has 0 aliphatic carbocycles. The topological polar surface area (TPSA) is 30.0 Å². The molecule has 0 saturated heterocycles. The SMILES string of the molecule is Cc1ccccc1.Cl.[Na+].[OH-]. The molecule has 0 spiro atoms. The fraction of sp³-hybridized carbons (Fsp3) is 0.143. The Bertz CT molecular complexity index is 144. The molecular weight excluding hydrogens is 159 g/mol. The van der Waals surface area contributed by atoms with E-state index in [-0.39, 0.29) is 47.4 Å². The number of benzene rings is 1. The second kappa shape index (κ2) is 9.47. The first kappa shape index (κ1) is 16.8. The molecule has 1 aromatic carbocycles. The molecule has 0 atom stereocenters. The van der Waals surface area contributed by atoms with Crippen molar-refractivity contribution in [1.82, 2.24) is 0 Å². The zero-order valence-corrected chi connectivity index (χ0v) is 9.06. The van der Waals surface area contributed by atoms with Gasteiger partial charge in [0, 0.05) is 0 Å². The van der Waals surface area contributed by atoms with Crippen molar-refractivity contribution in [2.75, 3.05) is 0 Å². The Morgan fingerprint density at radius 1 is 1.00 bits per heavy atom. The van der Waals surface area contributed by atoms with Crippen LogP contribution in [-0.4, -0.2) is 5.48 Å². The molecule has 0 saturated carbocycles. The summed E-state index contributed by atoms with van der Waals surface area (Å²) in [7, 11) is 0. The molecule has 0 aliphatic heterocycles. The van der Waals surface area contributed by atoms with Gasteiger partial charge in [-0.2, -0.15) is 0 Å². The maximum atomic E-state index is 2.08. The molecule has 10 heavy (non-hydrogen) atoms. The van der Waals surface area contributed by atoms with Crippen LogP contribution in [0.5, 0.6) is 0 Å². The van der Waals surface area contributed by atoms with Crippen molar-refractivity contribution in [3.8, 4) is 0 Å². The summed E-state index contributed by atoms with van der Waals surface area (Å²) in [6.07, 6.45) is 0. The van der Waals surface area contributed by atoms with Crippen LogP contribution in [0.2, 0.25) is 0 Å². The van der Waals surface area contributed by atoms with Gasteiger partial charge in [-0.1, -0.05) is 35.9 Å². The van der Waals surface area contributed by atoms with Crippen LogP contribution in [0.1, 0.15) is 5.56 Å². The molecule has 0 radical (unpaired) electrons. The van der Waals surface area contributed by atoms with Gasteiger partial charge in [0.05, 0.1) is 0 Å². The number of rotatable bonds is 0. The summed E-state index contributed by atoms with van der Waals surface area (Å²) in [5.74, 6) is 0. The van der Waals surface area contributed by atoms with E-state index in [1.165, 1.54) is 5.56 Å². The van der Waals surface area contributed by atoms with Crippen molar-refractivity contribution in [1.29, 1.82) is 0 Å². The Hall–Kier alpha value is 0.470. The Labute approximate surface area is 89.8 Å². The Morgan fingerprint density at radius 3 is 1.60 bits per heavy atom. The van der Waals surface area contributed by atoms with Gasteiger partial charge in [0.1, 0.15) is 0 Å². The molecule has 0 fully saturated rings. The summed E-state index contributed by atoms with van der Waals surface area (Å²) >= 11 is 0. The third-order valence-electron chi connectivity index (χ3n) is 0.940. The normalized spacial score (nSPS) is 6.10. The second-order valence-corrected chi connectivity index (χ2v) is 1.65. The van der Waals surface area contributed by atoms with E-state index in [0.717, 1.165) is 0 Å². The number of aryl methyl sites for hydroxylation is 1. The zero-order valence-electron chi connectivity index (χ0n) is 6.24. The standard InChI is InChI=1S/C7H8.ClH.Na.H2O/c1-7-5-3-2-4-6-7;;;/h2-6H,1H3;1H;;1H2/q;;+1;/p-1. The van der Waals surface area contributed by atoms with Crippen LogP contribution in [0, 0.1) is 6.92 Å². The van der Waals surface area contributed by atoms with Gasteiger partial charge in [-0.05, 0) is 6.92 Å². The van der Waals surface area contributed by atoms with Gasteiger partial charge >= 0.3 is 29.6 Å². The third kappa shape index (κ3) is 6.59. The van der Waals surface area contributed by atoms with Gasteiger partial charge in [-0.25, -0.2) is 0 Å². The molecular formula is C7H10ClNaO. The Kier molecular flexibility index (Phi) is 15.9. The quantitative estimate of drug-likeness (QED) is 0.469. The fourth-order valence-electron chi connectivity index (χ4n) is 0.534. The Balaban J connectivity index is -0.000000163. The summed E-state index contributed by atoms with van der Waals surface area (Å²) < 4.78 is 0. The summed E-state index contributed by atoms with van der Waals surface area (Å²) in [4.78, 5) is 0. The summed E-state index contributed by atoms with van der Waals surface area (Å²) in [5.41, 5.74) is 1.32. The van der Waals surface area contributed by atoms with Gasteiger partial charge in [-0.3, -0.25) is 0 Å². The molecule has 3 heteroatoms. The van der Waals surface area contributed by atoms with Crippen LogP contribution in [0.3, 0.4) is 0 Å². The largest absolute Gasteiger partial charge is 1.00 e. The van der Waals surface area contributed by atoms with Crippen LogP contribution in [-0.2, 0) is 0 Å². The summed E-state index contributed by atoms with van der Waals surface area (Å²) in [6.45, 7) is 2.08. The minimum Gasteiger partial charge on any atom is -0.870 e. The summed E-state index contributed by atoms with van der Waals surface area (Å²) in [5, 5.41) is 0. The molecule has 0 bridgehead atoms. The first-order chi connectivity index (χ1) is 3.39. The molecule has 0 amide bonds. The molecule has 0 heterocycles. The van der Waals surface area contributed by atoms with Crippen LogP contribution in [0.4, 0.5) is 0 Å².